The summed E-state index contributed by atoms with van der Waals surface area (Å²) in [5, 5.41) is 10.7. The Morgan fingerprint density at radius 3 is 2.85 bits per heavy atom. The summed E-state index contributed by atoms with van der Waals surface area (Å²) in [6.45, 7) is 7.50. The number of nitrogens with zero attached hydrogens (tertiary/aromatic N) is 3. The fourth-order valence-corrected chi connectivity index (χ4v) is 5.26. The first kappa shape index (κ1) is 21.9. The Kier molecular flexibility index (Phi) is 6.08. The lowest BCUT2D eigenvalue weighted by Gasteiger charge is -2.16. The molecular weight excluding hydrogens is 432 g/mol. The molecule has 0 amide bonds. The molecule has 2 aromatic heterocycles. The molecule has 1 saturated heterocycles. The molecule has 6 nitrogen and oxygen atoms in total. The molecule has 33 heavy (non-hydrogen) atoms. The van der Waals surface area contributed by atoms with E-state index in [4.69, 9.17) is 4.74 Å². The van der Waals surface area contributed by atoms with Gasteiger partial charge in [0.15, 0.2) is 16.8 Å². The monoisotopic (exact) mass is 460 g/mol. The van der Waals surface area contributed by atoms with E-state index in [0.717, 1.165) is 58.0 Å². The third-order valence-electron chi connectivity index (χ3n) is 6.40. The zero-order valence-corrected chi connectivity index (χ0v) is 20.0. The van der Waals surface area contributed by atoms with Crippen LogP contribution >= 0.6 is 11.8 Å². The number of ketones is 1. The maximum absolute atomic E-state index is 13.2. The number of aromatic nitrogens is 4. The number of hydrogen-bond donors (Lipinski definition) is 1. The molecule has 0 radical (unpaired) electrons. The molecule has 170 valence electrons. The maximum Gasteiger partial charge on any atom is 0.192 e. The normalized spacial score (nSPS) is 17.0. The summed E-state index contributed by atoms with van der Waals surface area (Å²) in [5.41, 5.74) is 5.12. The van der Waals surface area contributed by atoms with E-state index >= 15 is 0 Å². The molecule has 2 aromatic carbocycles. The third-order valence-corrected chi connectivity index (χ3v) is 7.48. The van der Waals surface area contributed by atoms with Crippen LogP contribution in [0.15, 0.2) is 53.8 Å². The average molecular weight is 461 g/mol. The van der Waals surface area contributed by atoms with Crippen LogP contribution in [0, 0.1) is 13.8 Å². The number of nitrogens with one attached hydrogen (secondary N) is 1. The number of aromatic amines is 1. The third kappa shape index (κ3) is 4.35. The standard InChI is InChI=1S/C26H28N4O2S/c1-16-10-11-19(13-17(16)2)24(31)18(3)33-26-29-28-25(30(26)15-20-7-6-12-32-20)22-14-27-23-9-5-4-8-21(22)23/h4-5,8-11,13-14,18,20,27H,6-7,12,15H2,1-3H3. The number of Topliss-reactive ketones (excluding diaryl/α,β-unsaturated/α-hetero) is 1. The van der Waals surface area contributed by atoms with Gasteiger partial charge in [-0.15, -0.1) is 10.2 Å². The minimum Gasteiger partial charge on any atom is -0.376 e. The minimum absolute atomic E-state index is 0.100. The highest BCUT2D eigenvalue weighted by molar-refractivity contribution is 8.00. The minimum atomic E-state index is -0.282. The van der Waals surface area contributed by atoms with E-state index in [9.17, 15) is 4.79 Å². The highest BCUT2D eigenvalue weighted by Crippen LogP contribution is 2.33. The highest BCUT2D eigenvalue weighted by atomic mass is 32.2. The molecule has 1 aliphatic heterocycles. The van der Waals surface area contributed by atoms with Crippen LogP contribution < -0.4 is 0 Å². The Balaban J connectivity index is 1.47. The van der Waals surface area contributed by atoms with E-state index in [2.05, 4.69) is 38.8 Å². The van der Waals surface area contributed by atoms with Gasteiger partial charge in [0.25, 0.3) is 0 Å². The zero-order chi connectivity index (χ0) is 22.9. The first-order valence-corrected chi connectivity index (χ1v) is 12.3. The van der Waals surface area contributed by atoms with E-state index in [1.165, 1.54) is 17.3 Å². The number of carbonyl (C=O) groups is 1. The first-order chi connectivity index (χ1) is 16.0. The first-order valence-electron chi connectivity index (χ1n) is 11.4. The van der Waals surface area contributed by atoms with E-state index < -0.39 is 0 Å². The molecule has 3 heterocycles. The molecule has 2 atom stereocenters. The van der Waals surface area contributed by atoms with Crippen molar-refractivity contribution in [2.45, 2.75) is 56.7 Å². The van der Waals surface area contributed by atoms with Crippen molar-refractivity contribution in [1.82, 2.24) is 19.7 Å². The Labute approximate surface area is 197 Å². The predicted octanol–water partition coefficient (Wildman–Crippen LogP) is 5.59. The largest absolute Gasteiger partial charge is 0.376 e. The van der Waals surface area contributed by atoms with Gasteiger partial charge >= 0.3 is 0 Å². The van der Waals surface area contributed by atoms with Gasteiger partial charge in [-0.1, -0.05) is 42.1 Å². The number of aryl methyl sites for hydroxylation is 2. The van der Waals surface area contributed by atoms with Gasteiger partial charge in [-0.2, -0.15) is 0 Å². The van der Waals surface area contributed by atoms with Crippen LogP contribution in [-0.2, 0) is 11.3 Å². The summed E-state index contributed by atoms with van der Waals surface area (Å²) in [7, 11) is 0. The topological polar surface area (TPSA) is 72.8 Å². The highest BCUT2D eigenvalue weighted by Gasteiger charge is 2.26. The SMILES string of the molecule is Cc1ccc(C(=O)C(C)Sc2nnc(-c3c[nH]c4ccccc34)n2CC2CCCO2)cc1C. The fourth-order valence-electron chi connectivity index (χ4n) is 4.33. The molecule has 0 spiro atoms. The number of fused-ring (bicyclic) bond motifs is 1. The zero-order valence-electron chi connectivity index (χ0n) is 19.2. The second-order valence-electron chi connectivity index (χ2n) is 8.72. The van der Waals surface area contributed by atoms with Gasteiger partial charge in [0.1, 0.15) is 0 Å². The van der Waals surface area contributed by atoms with Crippen molar-refractivity contribution < 1.29 is 9.53 Å². The lowest BCUT2D eigenvalue weighted by Crippen LogP contribution is -2.19. The molecule has 0 aliphatic carbocycles. The fraction of sp³-hybridized carbons (Fsp3) is 0.346. The molecule has 0 saturated carbocycles. The quantitative estimate of drug-likeness (QED) is 0.288. The van der Waals surface area contributed by atoms with Crippen LogP contribution in [0.3, 0.4) is 0 Å². The summed E-state index contributed by atoms with van der Waals surface area (Å²) in [6.07, 6.45) is 4.21. The Morgan fingerprint density at radius 2 is 2.06 bits per heavy atom. The number of thioether (sulfide) groups is 1. The van der Waals surface area contributed by atoms with Gasteiger partial charge in [-0.25, -0.2) is 0 Å². The molecule has 5 rings (SSSR count). The number of ether oxygens (including phenoxy) is 1. The predicted molar refractivity (Wildman–Crippen MR) is 132 cm³/mol. The average Bonchev–Trinajstić information content (AvgIpc) is 3.56. The number of hydrogen-bond acceptors (Lipinski definition) is 5. The van der Waals surface area contributed by atoms with Crippen LogP contribution in [0.25, 0.3) is 22.3 Å². The lowest BCUT2D eigenvalue weighted by molar-refractivity contribution is 0.0953. The van der Waals surface area contributed by atoms with E-state index in [1.54, 1.807) is 0 Å². The molecule has 1 N–H and O–H groups in total. The van der Waals surface area contributed by atoms with E-state index in [-0.39, 0.29) is 17.1 Å². The summed E-state index contributed by atoms with van der Waals surface area (Å²) >= 11 is 1.46. The summed E-state index contributed by atoms with van der Waals surface area (Å²) < 4.78 is 8.05. The van der Waals surface area contributed by atoms with E-state index in [1.807, 2.05) is 50.4 Å². The van der Waals surface area contributed by atoms with Gasteiger partial charge in [0.2, 0.25) is 0 Å². The number of rotatable bonds is 7. The number of benzene rings is 2. The molecule has 1 fully saturated rings. The van der Waals surface area contributed by atoms with Crippen molar-refractivity contribution >= 4 is 28.4 Å². The molecule has 0 bridgehead atoms. The number of H-pyrrole nitrogens is 1. The van der Waals surface area contributed by atoms with Gasteiger partial charge in [-0.05, 0) is 56.9 Å². The molecule has 7 heteroatoms. The van der Waals surface area contributed by atoms with Gasteiger partial charge in [0.05, 0.1) is 17.9 Å². The smallest absolute Gasteiger partial charge is 0.192 e. The maximum atomic E-state index is 13.2. The van der Waals surface area contributed by atoms with Crippen molar-refractivity contribution in [3.63, 3.8) is 0 Å². The van der Waals surface area contributed by atoms with E-state index in [0.29, 0.717) is 6.54 Å². The van der Waals surface area contributed by atoms with Crippen molar-refractivity contribution in [3.8, 4) is 11.4 Å². The van der Waals surface area contributed by atoms with Crippen LogP contribution in [-0.4, -0.2) is 43.5 Å². The number of carbonyl (C=O) groups excluding carboxylic acids is 1. The summed E-state index contributed by atoms with van der Waals surface area (Å²) in [5.74, 6) is 0.902. The van der Waals surface area contributed by atoms with Crippen molar-refractivity contribution in [3.05, 3.63) is 65.4 Å². The lowest BCUT2D eigenvalue weighted by atomic mass is 10.0. The summed E-state index contributed by atoms with van der Waals surface area (Å²) in [6, 6.07) is 14.1. The van der Waals surface area contributed by atoms with Crippen LogP contribution in [0.1, 0.15) is 41.3 Å². The van der Waals surface area contributed by atoms with Crippen molar-refractivity contribution in [2.75, 3.05) is 6.61 Å². The Bertz CT molecular complexity index is 1300. The van der Waals surface area contributed by atoms with Crippen LogP contribution in [0.4, 0.5) is 0 Å². The van der Waals surface area contributed by atoms with Gasteiger partial charge < -0.3 is 9.72 Å². The van der Waals surface area contributed by atoms with Crippen LogP contribution in [0.2, 0.25) is 0 Å². The van der Waals surface area contributed by atoms with Crippen molar-refractivity contribution in [1.29, 1.82) is 0 Å². The summed E-state index contributed by atoms with van der Waals surface area (Å²) in [4.78, 5) is 16.5. The molecule has 2 unspecified atom stereocenters. The van der Waals surface area contributed by atoms with Crippen molar-refractivity contribution in [2.24, 2.45) is 0 Å². The molecule has 4 aromatic rings. The van der Waals surface area contributed by atoms with Gasteiger partial charge in [0, 0.05) is 34.8 Å². The second-order valence-corrected chi connectivity index (χ2v) is 10.0. The number of para-hydroxylation sites is 1. The Morgan fingerprint density at radius 1 is 1.21 bits per heavy atom. The molecular formula is C26H28N4O2S. The van der Waals surface area contributed by atoms with Gasteiger partial charge in [-0.3, -0.25) is 9.36 Å². The Hall–Kier alpha value is -2.90. The second kappa shape index (κ2) is 9.15. The molecule has 1 aliphatic rings. The van der Waals surface area contributed by atoms with Crippen LogP contribution in [0.5, 0.6) is 0 Å².